The van der Waals surface area contributed by atoms with Gasteiger partial charge < -0.3 is 20.1 Å². The monoisotopic (exact) mass is 459 g/mol. The maximum Gasteiger partial charge on any atom is 0.255 e. The molecule has 0 radical (unpaired) electrons. The summed E-state index contributed by atoms with van der Waals surface area (Å²) in [6.07, 6.45) is 2.70. The molecule has 0 saturated carbocycles. The number of benzene rings is 2. The molecule has 2 aromatic heterocycles. The molecule has 0 spiro atoms. The van der Waals surface area contributed by atoms with Crippen LogP contribution in [-0.4, -0.2) is 53.4 Å². The number of pyridine rings is 1. The predicted molar refractivity (Wildman–Crippen MR) is 134 cm³/mol. The van der Waals surface area contributed by atoms with Gasteiger partial charge in [-0.15, -0.1) is 0 Å². The van der Waals surface area contributed by atoms with Crippen LogP contribution in [0.25, 0.3) is 33.4 Å². The number of nitrogens with zero attached hydrogens (tertiary/aromatic N) is 4. The molecule has 0 aliphatic carbocycles. The molecule has 1 amide bonds. The van der Waals surface area contributed by atoms with E-state index < -0.39 is 0 Å². The van der Waals surface area contributed by atoms with Crippen molar-refractivity contribution >= 4 is 22.6 Å². The van der Waals surface area contributed by atoms with E-state index in [9.17, 15) is 4.79 Å². The van der Waals surface area contributed by atoms with Crippen molar-refractivity contribution in [2.24, 2.45) is 0 Å². The first-order valence-corrected chi connectivity index (χ1v) is 11.1. The highest BCUT2D eigenvalue weighted by molar-refractivity contribution is 6.01. The number of hydrogen-bond donors (Lipinski definition) is 1. The topological polar surface area (TPSA) is 95.5 Å². The van der Waals surface area contributed by atoms with Gasteiger partial charge in [-0.2, -0.15) is 5.10 Å². The van der Waals surface area contributed by atoms with Crippen LogP contribution in [0.5, 0.6) is 5.75 Å². The van der Waals surface area contributed by atoms with Gasteiger partial charge in [0.1, 0.15) is 18.2 Å². The van der Waals surface area contributed by atoms with E-state index >= 15 is 0 Å². The van der Waals surface area contributed by atoms with E-state index in [-0.39, 0.29) is 5.91 Å². The van der Waals surface area contributed by atoms with Gasteiger partial charge in [-0.3, -0.25) is 4.79 Å². The normalized spacial score (nSPS) is 11.1. The molecule has 8 heteroatoms. The molecule has 4 aromatic rings. The number of fused-ring (bicyclic) bond motifs is 1. The number of carbonyl (C=O) groups excluding carboxylic acids is 1. The summed E-state index contributed by atoms with van der Waals surface area (Å²) in [5, 5.41) is 5.69. The fourth-order valence-electron chi connectivity index (χ4n) is 3.80. The molecule has 2 aromatic carbocycles. The molecule has 2 heterocycles. The van der Waals surface area contributed by atoms with Crippen molar-refractivity contribution in [1.82, 2.24) is 19.7 Å². The molecule has 0 aliphatic rings. The van der Waals surface area contributed by atoms with E-state index in [1.807, 2.05) is 36.4 Å². The highest BCUT2D eigenvalue weighted by Crippen LogP contribution is 2.35. The number of nitrogens with two attached hydrogens (primary N) is 1. The van der Waals surface area contributed by atoms with Crippen LogP contribution in [-0.2, 0) is 11.5 Å². The second kappa shape index (κ2) is 9.93. The standard InChI is InChI=1S/C26H29N5O3/c1-5-12-34-16-31-25-21(24(29-31)19-8-6-7-9-23(19)33-4)14-18(15-28-25)17-10-11-22(27)20(13-17)26(32)30(2)3/h6-11,13-15H,5,12,16,27H2,1-4H3. The van der Waals surface area contributed by atoms with Crippen LogP contribution < -0.4 is 10.5 Å². The SMILES string of the molecule is CCCOCn1nc(-c2ccccc2OC)c2cc(-c3ccc(N)c(C(=O)N(C)C)c3)cnc21. The fourth-order valence-corrected chi connectivity index (χ4v) is 3.80. The van der Waals surface area contributed by atoms with Crippen molar-refractivity contribution in [3.05, 3.63) is 60.3 Å². The molecule has 0 fully saturated rings. The number of carbonyl (C=O) groups is 1. The highest BCUT2D eigenvalue weighted by Gasteiger charge is 2.19. The number of anilines is 1. The summed E-state index contributed by atoms with van der Waals surface area (Å²) in [4.78, 5) is 18.8. The van der Waals surface area contributed by atoms with Gasteiger partial charge in [-0.1, -0.05) is 25.1 Å². The Morgan fingerprint density at radius 2 is 1.91 bits per heavy atom. The Morgan fingerprint density at radius 3 is 2.65 bits per heavy atom. The van der Waals surface area contributed by atoms with Crippen molar-refractivity contribution in [3.63, 3.8) is 0 Å². The minimum atomic E-state index is -0.149. The first-order chi connectivity index (χ1) is 16.4. The average molecular weight is 460 g/mol. The number of rotatable bonds is 8. The molecule has 0 unspecified atom stereocenters. The third-order valence-electron chi connectivity index (χ3n) is 5.53. The number of amides is 1. The minimum Gasteiger partial charge on any atom is -0.496 e. The van der Waals surface area contributed by atoms with Crippen molar-refractivity contribution in [2.45, 2.75) is 20.1 Å². The third-order valence-corrected chi connectivity index (χ3v) is 5.53. The Hall–Kier alpha value is -3.91. The lowest BCUT2D eigenvalue weighted by Crippen LogP contribution is -2.22. The summed E-state index contributed by atoms with van der Waals surface area (Å²) in [5.74, 6) is 0.573. The third kappa shape index (κ3) is 4.45. The first kappa shape index (κ1) is 23.3. The van der Waals surface area contributed by atoms with Crippen LogP contribution in [0, 0.1) is 0 Å². The van der Waals surface area contributed by atoms with Gasteiger partial charge in [0.2, 0.25) is 0 Å². The van der Waals surface area contributed by atoms with Gasteiger partial charge >= 0.3 is 0 Å². The van der Waals surface area contributed by atoms with Crippen molar-refractivity contribution in [3.8, 4) is 28.1 Å². The van der Waals surface area contributed by atoms with Gasteiger partial charge in [0.25, 0.3) is 5.91 Å². The lowest BCUT2D eigenvalue weighted by Gasteiger charge is -2.13. The molecular formula is C26H29N5O3. The zero-order chi connectivity index (χ0) is 24.2. The van der Waals surface area contributed by atoms with E-state index in [0.29, 0.717) is 30.2 Å². The first-order valence-electron chi connectivity index (χ1n) is 11.1. The summed E-state index contributed by atoms with van der Waals surface area (Å²) >= 11 is 0. The molecule has 0 saturated heterocycles. The van der Waals surface area contributed by atoms with Gasteiger partial charge in [0, 0.05) is 49.1 Å². The Kier molecular flexibility index (Phi) is 6.79. The number of nitrogen functional groups attached to an aromatic ring is 1. The second-order valence-corrected chi connectivity index (χ2v) is 8.18. The molecule has 176 valence electrons. The number of para-hydroxylation sites is 1. The molecule has 8 nitrogen and oxygen atoms in total. The summed E-state index contributed by atoms with van der Waals surface area (Å²) in [5.41, 5.74) is 11.0. The molecule has 2 N–H and O–H groups in total. The Balaban J connectivity index is 1.87. The number of methoxy groups -OCH3 is 1. The molecule has 34 heavy (non-hydrogen) atoms. The van der Waals surface area contributed by atoms with Crippen molar-refractivity contribution in [1.29, 1.82) is 0 Å². The second-order valence-electron chi connectivity index (χ2n) is 8.18. The van der Waals surface area contributed by atoms with E-state index in [4.69, 9.17) is 25.3 Å². The molecule has 4 rings (SSSR count). The Bertz CT molecular complexity index is 1330. The number of ether oxygens (including phenoxy) is 2. The average Bonchev–Trinajstić information content (AvgIpc) is 3.21. The van der Waals surface area contributed by atoms with Gasteiger partial charge in [-0.25, -0.2) is 9.67 Å². The smallest absolute Gasteiger partial charge is 0.255 e. The quantitative estimate of drug-likeness (QED) is 0.309. The molecular weight excluding hydrogens is 430 g/mol. The summed E-state index contributed by atoms with van der Waals surface area (Å²) < 4.78 is 13.1. The molecule has 0 aliphatic heterocycles. The summed E-state index contributed by atoms with van der Waals surface area (Å²) in [7, 11) is 5.05. The number of aromatic nitrogens is 3. The van der Waals surface area contributed by atoms with E-state index in [1.165, 1.54) is 4.90 Å². The summed E-state index contributed by atoms with van der Waals surface area (Å²) in [6.45, 7) is 3.00. The maximum absolute atomic E-state index is 12.6. The van der Waals surface area contributed by atoms with Crippen LogP contribution in [0.4, 0.5) is 5.69 Å². The largest absolute Gasteiger partial charge is 0.496 e. The Morgan fingerprint density at radius 1 is 1.12 bits per heavy atom. The van der Waals surface area contributed by atoms with Crippen molar-refractivity contribution < 1.29 is 14.3 Å². The summed E-state index contributed by atoms with van der Waals surface area (Å²) in [6, 6.07) is 15.2. The number of hydrogen-bond acceptors (Lipinski definition) is 6. The zero-order valence-corrected chi connectivity index (χ0v) is 19.9. The van der Waals surface area contributed by atoms with E-state index in [1.54, 1.807) is 44.2 Å². The van der Waals surface area contributed by atoms with Gasteiger partial charge in [-0.05, 0) is 42.3 Å². The van der Waals surface area contributed by atoms with Crippen LogP contribution in [0.2, 0.25) is 0 Å². The highest BCUT2D eigenvalue weighted by atomic mass is 16.5. The lowest BCUT2D eigenvalue weighted by molar-refractivity contribution is 0.0721. The van der Waals surface area contributed by atoms with Crippen molar-refractivity contribution in [2.75, 3.05) is 33.5 Å². The van der Waals surface area contributed by atoms with Crippen LogP contribution in [0.1, 0.15) is 23.7 Å². The minimum absolute atomic E-state index is 0.149. The maximum atomic E-state index is 12.6. The lowest BCUT2D eigenvalue weighted by atomic mass is 10.0. The van der Waals surface area contributed by atoms with Gasteiger partial charge in [0.15, 0.2) is 5.65 Å². The van der Waals surface area contributed by atoms with E-state index in [0.717, 1.165) is 39.9 Å². The van der Waals surface area contributed by atoms with Crippen LogP contribution in [0.15, 0.2) is 54.7 Å². The van der Waals surface area contributed by atoms with Crippen LogP contribution in [0.3, 0.4) is 0 Å². The van der Waals surface area contributed by atoms with Gasteiger partial charge in [0.05, 0.1) is 12.7 Å². The fraction of sp³-hybridized carbons (Fsp3) is 0.269. The van der Waals surface area contributed by atoms with E-state index in [2.05, 4.69) is 6.92 Å². The molecule has 0 bridgehead atoms. The Labute approximate surface area is 198 Å². The predicted octanol–water partition coefficient (Wildman–Crippen LogP) is 4.44. The molecule has 0 atom stereocenters. The van der Waals surface area contributed by atoms with Crippen LogP contribution >= 0.6 is 0 Å². The zero-order valence-electron chi connectivity index (χ0n) is 19.9.